The smallest absolute Gasteiger partial charge is 0.166 e. The van der Waals surface area contributed by atoms with E-state index >= 15 is 0 Å². The first-order valence-electron chi connectivity index (χ1n) is 9.12. The van der Waals surface area contributed by atoms with Crippen molar-refractivity contribution in [1.29, 1.82) is 0 Å². The van der Waals surface area contributed by atoms with E-state index in [0.717, 1.165) is 23.1 Å². The van der Waals surface area contributed by atoms with Crippen LogP contribution in [0, 0.1) is 6.92 Å². The van der Waals surface area contributed by atoms with Gasteiger partial charge in [0.2, 0.25) is 0 Å². The van der Waals surface area contributed by atoms with E-state index in [0.29, 0.717) is 17.5 Å². The van der Waals surface area contributed by atoms with Crippen LogP contribution in [0.4, 0.5) is 13.2 Å². The maximum Gasteiger partial charge on any atom is 0.417 e. The third-order valence-corrected chi connectivity index (χ3v) is 4.41. The summed E-state index contributed by atoms with van der Waals surface area (Å²) in [7, 11) is 0. The summed E-state index contributed by atoms with van der Waals surface area (Å²) in [5.41, 5.74) is 3.71. The molecule has 0 aliphatic carbocycles. The monoisotopic (exact) mass is 382 g/mol. The molecule has 0 fully saturated rings. The van der Waals surface area contributed by atoms with Gasteiger partial charge in [-0.2, -0.15) is 13.2 Å². The molecule has 0 saturated carbocycles. The molecule has 2 aromatic carbocycles. The lowest BCUT2D eigenvalue weighted by Crippen LogP contribution is -2.08. The molecular formula is C25H25F3. The van der Waals surface area contributed by atoms with Gasteiger partial charge in [0.05, 0.1) is 5.56 Å². The molecule has 0 saturated heterocycles. The molecule has 2 rings (SSSR count). The van der Waals surface area contributed by atoms with E-state index < -0.39 is 11.7 Å². The van der Waals surface area contributed by atoms with E-state index in [2.05, 4.69) is 13.2 Å². The van der Waals surface area contributed by atoms with Gasteiger partial charge in [0.1, 0.15) is 0 Å². The third-order valence-electron chi connectivity index (χ3n) is 4.41. The Labute approximate surface area is 165 Å². The first-order chi connectivity index (χ1) is 13.2. The van der Waals surface area contributed by atoms with Crippen molar-refractivity contribution in [2.75, 3.05) is 0 Å². The molecule has 0 nitrogen and oxygen atoms in total. The number of hydrogen-bond donors (Lipinski definition) is 0. The highest BCUT2D eigenvalue weighted by Crippen LogP contribution is 2.38. The standard InChI is InChI=1S/C25H25F3/c1-5-6-7-11-21-13-14-22(16-19(21)4)23-15-12-20(10-8-9-18(2)3)17-24(23)25(26,27)28/h5-9,12-17H,1-2,10-11H2,3-4H3/b7-6-,9-8-. The molecule has 0 amide bonds. The summed E-state index contributed by atoms with van der Waals surface area (Å²) in [6, 6.07) is 10.0. The van der Waals surface area contributed by atoms with Gasteiger partial charge in [-0.1, -0.05) is 79.4 Å². The van der Waals surface area contributed by atoms with Crippen molar-refractivity contribution >= 4 is 0 Å². The molecule has 0 bridgehead atoms. The van der Waals surface area contributed by atoms with E-state index in [9.17, 15) is 13.2 Å². The summed E-state index contributed by atoms with van der Waals surface area (Å²) in [5, 5.41) is 0. The van der Waals surface area contributed by atoms with Gasteiger partial charge in [-0.3, -0.25) is 0 Å². The third kappa shape index (κ3) is 5.85. The lowest BCUT2D eigenvalue weighted by molar-refractivity contribution is -0.137. The zero-order valence-corrected chi connectivity index (χ0v) is 16.3. The summed E-state index contributed by atoms with van der Waals surface area (Å²) < 4.78 is 41.1. The molecule has 0 aliphatic rings. The Balaban J connectivity index is 2.41. The Morgan fingerprint density at radius 3 is 2.39 bits per heavy atom. The number of benzene rings is 2. The maximum atomic E-state index is 13.7. The minimum Gasteiger partial charge on any atom is -0.166 e. The highest BCUT2D eigenvalue weighted by Gasteiger charge is 2.33. The summed E-state index contributed by atoms with van der Waals surface area (Å²) >= 11 is 0. The number of alkyl halides is 3. The maximum absolute atomic E-state index is 13.7. The predicted octanol–water partition coefficient (Wildman–Crippen LogP) is 7.64. The lowest BCUT2D eigenvalue weighted by Gasteiger charge is -2.16. The van der Waals surface area contributed by atoms with Gasteiger partial charge in [0.15, 0.2) is 0 Å². The van der Waals surface area contributed by atoms with Gasteiger partial charge < -0.3 is 0 Å². The minimum atomic E-state index is -4.41. The molecule has 3 heteroatoms. The van der Waals surface area contributed by atoms with Crippen LogP contribution >= 0.6 is 0 Å². The van der Waals surface area contributed by atoms with Crippen molar-refractivity contribution in [3.63, 3.8) is 0 Å². The van der Waals surface area contributed by atoms with E-state index in [1.165, 1.54) is 6.07 Å². The first-order valence-corrected chi connectivity index (χ1v) is 9.12. The molecular weight excluding hydrogens is 357 g/mol. The van der Waals surface area contributed by atoms with Crippen molar-refractivity contribution < 1.29 is 13.2 Å². The molecule has 0 atom stereocenters. The normalized spacial score (nSPS) is 12.0. The van der Waals surface area contributed by atoms with Crippen LogP contribution in [0.5, 0.6) is 0 Å². The SMILES string of the molecule is C=C/C=C\Cc1ccc(-c2ccc(C/C=C\C(=C)C)cc2C(F)(F)F)cc1C. The van der Waals surface area contributed by atoms with E-state index in [1.54, 1.807) is 24.3 Å². The molecule has 146 valence electrons. The molecule has 0 unspecified atom stereocenters. The zero-order valence-electron chi connectivity index (χ0n) is 16.3. The summed E-state index contributed by atoms with van der Waals surface area (Å²) in [6.07, 6.45) is 5.91. The highest BCUT2D eigenvalue weighted by atomic mass is 19.4. The fourth-order valence-electron chi connectivity index (χ4n) is 2.98. The number of allylic oxidation sites excluding steroid dienone is 6. The van der Waals surface area contributed by atoms with Gasteiger partial charge in [0.25, 0.3) is 0 Å². The molecule has 0 aromatic heterocycles. The van der Waals surface area contributed by atoms with E-state index in [-0.39, 0.29) is 5.56 Å². The minimum absolute atomic E-state index is 0.205. The van der Waals surface area contributed by atoms with Crippen LogP contribution in [0.1, 0.15) is 29.2 Å². The number of rotatable bonds is 7. The second kappa shape index (κ2) is 9.41. The van der Waals surface area contributed by atoms with Crippen LogP contribution in [0.25, 0.3) is 11.1 Å². The quantitative estimate of drug-likeness (QED) is 0.432. The van der Waals surface area contributed by atoms with Gasteiger partial charge in [-0.15, -0.1) is 0 Å². The van der Waals surface area contributed by atoms with Gasteiger partial charge in [-0.25, -0.2) is 0 Å². The Hall–Kier alpha value is -2.81. The van der Waals surface area contributed by atoms with Gasteiger partial charge in [0, 0.05) is 0 Å². The van der Waals surface area contributed by atoms with Crippen LogP contribution in [0.2, 0.25) is 0 Å². The van der Waals surface area contributed by atoms with Crippen molar-refractivity contribution in [2.24, 2.45) is 0 Å². The Bertz CT molecular complexity index is 912. The van der Waals surface area contributed by atoms with Crippen LogP contribution < -0.4 is 0 Å². The first kappa shape index (κ1) is 21.5. The van der Waals surface area contributed by atoms with Crippen molar-refractivity contribution in [2.45, 2.75) is 32.9 Å². The molecule has 0 heterocycles. The van der Waals surface area contributed by atoms with Crippen molar-refractivity contribution in [3.05, 3.63) is 108 Å². The molecule has 0 aliphatic heterocycles. The second-order valence-electron chi connectivity index (χ2n) is 6.84. The topological polar surface area (TPSA) is 0 Å². The molecule has 0 radical (unpaired) electrons. The fraction of sp³-hybridized carbons (Fsp3) is 0.200. The van der Waals surface area contributed by atoms with Crippen molar-refractivity contribution in [3.8, 4) is 11.1 Å². The number of halogens is 3. The number of aryl methyl sites for hydroxylation is 1. The Kier molecular flexibility index (Phi) is 7.22. The Morgan fingerprint density at radius 1 is 1.04 bits per heavy atom. The van der Waals surface area contributed by atoms with E-state index in [4.69, 9.17) is 0 Å². The average molecular weight is 382 g/mol. The highest BCUT2D eigenvalue weighted by molar-refractivity contribution is 5.70. The van der Waals surface area contributed by atoms with Crippen LogP contribution in [-0.2, 0) is 19.0 Å². The fourth-order valence-corrected chi connectivity index (χ4v) is 2.98. The van der Waals surface area contributed by atoms with Crippen LogP contribution in [0.3, 0.4) is 0 Å². The van der Waals surface area contributed by atoms with Gasteiger partial charge >= 0.3 is 6.18 Å². The van der Waals surface area contributed by atoms with Crippen LogP contribution in [0.15, 0.2) is 85.5 Å². The second-order valence-corrected chi connectivity index (χ2v) is 6.84. The predicted molar refractivity (Wildman–Crippen MR) is 112 cm³/mol. The molecule has 2 aromatic rings. The number of hydrogen-bond acceptors (Lipinski definition) is 0. The molecule has 0 N–H and O–H groups in total. The summed E-state index contributed by atoms with van der Waals surface area (Å²) in [6.45, 7) is 11.2. The van der Waals surface area contributed by atoms with Crippen LogP contribution in [-0.4, -0.2) is 0 Å². The molecule has 28 heavy (non-hydrogen) atoms. The summed E-state index contributed by atoms with van der Waals surface area (Å²) in [4.78, 5) is 0. The average Bonchev–Trinajstić information content (AvgIpc) is 2.62. The van der Waals surface area contributed by atoms with Gasteiger partial charge in [-0.05, 0) is 60.6 Å². The largest absolute Gasteiger partial charge is 0.417 e. The van der Waals surface area contributed by atoms with E-state index in [1.807, 2.05) is 50.3 Å². The van der Waals surface area contributed by atoms with Crippen molar-refractivity contribution in [1.82, 2.24) is 0 Å². The zero-order chi connectivity index (χ0) is 20.7. The molecule has 0 spiro atoms. The summed E-state index contributed by atoms with van der Waals surface area (Å²) in [5.74, 6) is 0. The Morgan fingerprint density at radius 2 is 1.79 bits per heavy atom. The lowest BCUT2D eigenvalue weighted by atomic mass is 9.93.